The predicted octanol–water partition coefficient (Wildman–Crippen LogP) is 1.76. The van der Waals surface area contributed by atoms with Crippen molar-refractivity contribution in [1.29, 1.82) is 0 Å². The highest BCUT2D eigenvalue weighted by Crippen LogP contribution is 2.55. The van der Waals surface area contributed by atoms with Crippen molar-refractivity contribution < 1.29 is 9.53 Å². The lowest BCUT2D eigenvalue weighted by Gasteiger charge is -2.53. The first-order chi connectivity index (χ1) is 8.10. The van der Waals surface area contributed by atoms with Crippen molar-refractivity contribution in [3.63, 3.8) is 0 Å². The van der Waals surface area contributed by atoms with Crippen molar-refractivity contribution >= 4 is 11.5 Å². The SMILES string of the molecule is CC(=O)c1ncc(C2CC3(COC3)C2)cc1N. The Kier molecular flexibility index (Phi) is 2.23. The second kappa shape index (κ2) is 3.53. The number of rotatable bonds is 2. The molecule has 1 aliphatic carbocycles. The van der Waals surface area contributed by atoms with Crippen LogP contribution in [-0.4, -0.2) is 24.0 Å². The Bertz CT molecular complexity index is 472. The fraction of sp³-hybridized carbons (Fsp3) is 0.538. The monoisotopic (exact) mass is 232 g/mol. The zero-order valence-corrected chi connectivity index (χ0v) is 9.90. The van der Waals surface area contributed by atoms with Gasteiger partial charge in [-0.3, -0.25) is 9.78 Å². The van der Waals surface area contributed by atoms with Gasteiger partial charge < -0.3 is 10.5 Å². The van der Waals surface area contributed by atoms with Crippen molar-refractivity contribution in [2.24, 2.45) is 5.41 Å². The molecule has 2 heterocycles. The number of aromatic nitrogens is 1. The minimum absolute atomic E-state index is 0.0773. The average Bonchev–Trinajstić information content (AvgIpc) is 2.12. The predicted molar refractivity (Wildman–Crippen MR) is 63.9 cm³/mol. The van der Waals surface area contributed by atoms with E-state index >= 15 is 0 Å². The summed E-state index contributed by atoms with van der Waals surface area (Å²) in [6.07, 6.45) is 4.12. The maximum absolute atomic E-state index is 11.2. The molecule has 4 nitrogen and oxygen atoms in total. The van der Waals surface area contributed by atoms with Gasteiger partial charge in [0.25, 0.3) is 0 Å². The highest BCUT2D eigenvalue weighted by molar-refractivity contribution is 5.97. The lowest BCUT2D eigenvalue weighted by Crippen LogP contribution is -2.51. The minimum Gasteiger partial charge on any atom is -0.397 e. The largest absolute Gasteiger partial charge is 0.397 e. The summed E-state index contributed by atoms with van der Waals surface area (Å²) in [4.78, 5) is 15.4. The summed E-state index contributed by atoms with van der Waals surface area (Å²) in [5.41, 5.74) is 8.33. The van der Waals surface area contributed by atoms with Gasteiger partial charge in [-0.15, -0.1) is 0 Å². The number of nitrogens with two attached hydrogens (primary N) is 1. The molecule has 2 fully saturated rings. The number of carbonyl (C=O) groups excluding carboxylic acids is 1. The van der Waals surface area contributed by atoms with Gasteiger partial charge in [0.15, 0.2) is 5.78 Å². The molecule has 2 N–H and O–H groups in total. The van der Waals surface area contributed by atoms with E-state index in [-0.39, 0.29) is 5.78 Å². The minimum atomic E-state index is -0.0773. The van der Waals surface area contributed by atoms with Crippen molar-refractivity contribution in [1.82, 2.24) is 4.98 Å². The lowest BCUT2D eigenvalue weighted by atomic mass is 9.59. The molecule has 17 heavy (non-hydrogen) atoms. The Morgan fingerprint density at radius 1 is 1.53 bits per heavy atom. The number of Topliss-reactive ketones (excluding diaryl/α,β-unsaturated/α-hetero) is 1. The summed E-state index contributed by atoms with van der Waals surface area (Å²) in [5.74, 6) is 0.459. The molecular formula is C13H16N2O2. The molecule has 0 radical (unpaired) electrons. The molecule has 0 unspecified atom stereocenters. The van der Waals surface area contributed by atoms with Gasteiger partial charge in [0.2, 0.25) is 0 Å². The first-order valence-corrected chi connectivity index (χ1v) is 5.94. The number of hydrogen-bond acceptors (Lipinski definition) is 4. The van der Waals surface area contributed by atoms with Crippen LogP contribution < -0.4 is 5.73 Å². The van der Waals surface area contributed by atoms with Crippen molar-refractivity contribution in [2.75, 3.05) is 18.9 Å². The van der Waals surface area contributed by atoms with Crippen LogP contribution in [0.2, 0.25) is 0 Å². The molecule has 1 saturated carbocycles. The molecule has 1 aromatic rings. The number of nitrogen functional groups attached to an aromatic ring is 1. The van der Waals surface area contributed by atoms with Gasteiger partial charge in [0, 0.05) is 18.5 Å². The van der Waals surface area contributed by atoms with E-state index in [2.05, 4.69) is 4.98 Å². The Hall–Kier alpha value is -1.42. The highest BCUT2D eigenvalue weighted by atomic mass is 16.5. The van der Waals surface area contributed by atoms with Crippen LogP contribution in [0.5, 0.6) is 0 Å². The topological polar surface area (TPSA) is 65.2 Å². The molecule has 0 amide bonds. The standard InChI is InChI=1S/C13H16N2O2/c1-8(16)12-11(14)2-9(5-15-12)10-3-13(4-10)6-17-7-13/h2,5,10H,3-4,6-7,14H2,1H3. The summed E-state index contributed by atoms with van der Waals surface area (Å²) in [7, 11) is 0. The van der Waals surface area contributed by atoms with Crippen LogP contribution in [-0.2, 0) is 4.74 Å². The van der Waals surface area contributed by atoms with Crippen LogP contribution in [0.3, 0.4) is 0 Å². The smallest absolute Gasteiger partial charge is 0.180 e. The number of ketones is 1. The molecule has 1 spiro atoms. The summed E-state index contributed by atoms with van der Waals surface area (Å²) >= 11 is 0. The Morgan fingerprint density at radius 3 is 2.71 bits per heavy atom. The zero-order chi connectivity index (χ0) is 12.0. The molecule has 2 aliphatic rings. The Labute approximate surface area is 100 Å². The summed E-state index contributed by atoms with van der Waals surface area (Å²) < 4.78 is 5.25. The Morgan fingerprint density at radius 2 is 2.24 bits per heavy atom. The van der Waals surface area contributed by atoms with Crippen LogP contribution in [0.15, 0.2) is 12.3 Å². The molecule has 1 aromatic heterocycles. The fourth-order valence-corrected chi connectivity index (χ4v) is 2.86. The van der Waals surface area contributed by atoms with Crippen LogP contribution >= 0.6 is 0 Å². The molecule has 0 bridgehead atoms. The molecule has 0 aromatic carbocycles. The second-order valence-electron chi connectivity index (χ2n) is 5.36. The van der Waals surface area contributed by atoms with E-state index in [0.29, 0.717) is 22.7 Å². The zero-order valence-electron chi connectivity index (χ0n) is 9.90. The van der Waals surface area contributed by atoms with Crippen molar-refractivity contribution in [3.05, 3.63) is 23.5 Å². The first kappa shape index (κ1) is 10.7. The van der Waals surface area contributed by atoms with Gasteiger partial charge in [-0.1, -0.05) is 0 Å². The second-order valence-corrected chi connectivity index (χ2v) is 5.36. The highest BCUT2D eigenvalue weighted by Gasteiger charge is 2.50. The molecule has 3 rings (SSSR count). The molecule has 1 aliphatic heterocycles. The van der Waals surface area contributed by atoms with Gasteiger partial charge in [0.1, 0.15) is 5.69 Å². The van der Waals surface area contributed by atoms with E-state index < -0.39 is 0 Å². The van der Waals surface area contributed by atoms with E-state index in [1.807, 2.05) is 6.07 Å². The first-order valence-electron chi connectivity index (χ1n) is 5.94. The van der Waals surface area contributed by atoms with Gasteiger partial charge in [0.05, 0.1) is 18.9 Å². The van der Waals surface area contributed by atoms with Crippen LogP contribution in [0.1, 0.15) is 41.7 Å². The Balaban J connectivity index is 1.77. The number of carbonyl (C=O) groups is 1. The third-order valence-corrected chi connectivity index (χ3v) is 3.92. The summed E-state index contributed by atoms with van der Waals surface area (Å²) in [6.45, 7) is 3.29. The quantitative estimate of drug-likeness (QED) is 0.789. The molecular weight excluding hydrogens is 216 g/mol. The maximum Gasteiger partial charge on any atom is 0.180 e. The number of pyridine rings is 1. The van der Waals surface area contributed by atoms with E-state index in [1.165, 1.54) is 6.92 Å². The number of ether oxygens (including phenoxy) is 1. The van der Waals surface area contributed by atoms with E-state index in [1.54, 1.807) is 6.20 Å². The fourth-order valence-electron chi connectivity index (χ4n) is 2.86. The van der Waals surface area contributed by atoms with Gasteiger partial charge in [-0.25, -0.2) is 0 Å². The number of anilines is 1. The molecule has 4 heteroatoms. The van der Waals surface area contributed by atoms with Crippen molar-refractivity contribution in [2.45, 2.75) is 25.7 Å². The van der Waals surface area contributed by atoms with Crippen LogP contribution in [0.25, 0.3) is 0 Å². The number of hydrogen-bond donors (Lipinski definition) is 1. The number of nitrogens with zero attached hydrogens (tertiary/aromatic N) is 1. The summed E-state index contributed by atoms with van der Waals surface area (Å²) in [5, 5.41) is 0. The lowest BCUT2D eigenvalue weighted by molar-refractivity contribution is -0.164. The normalized spacial score (nSPS) is 21.9. The van der Waals surface area contributed by atoms with E-state index in [4.69, 9.17) is 10.5 Å². The third-order valence-electron chi connectivity index (χ3n) is 3.92. The summed E-state index contributed by atoms with van der Waals surface area (Å²) in [6, 6.07) is 1.90. The van der Waals surface area contributed by atoms with Gasteiger partial charge >= 0.3 is 0 Å². The third kappa shape index (κ3) is 1.63. The average molecular weight is 232 g/mol. The van der Waals surface area contributed by atoms with Crippen LogP contribution in [0, 0.1) is 5.41 Å². The van der Waals surface area contributed by atoms with E-state index in [9.17, 15) is 4.79 Å². The molecule has 1 saturated heterocycles. The van der Waals surface area contributed by atoms with Crippen molar-refractivity contribution in [3.8, 4) is 0 Å². The van der Waals surface area contributed by atoms with Gasteiger partial charge in [-0.2, -0.15) is 0 Å². The molecule has 90 valence electrons. The van der Waals surface area contributed by atoms with E-state index in [0.717, 1.165) is 31.6 Å². The van der Waals surface area contributed by atoms with Crippen LogP contribution in [0.4, 0.5) is 5.69 Å². The van der Waals surface area contributed by atoms with Gasteiger partial charge in [-0.05, 0) is 30.4 Å². The maximum atomic E-state index is 11.2. The molecule has 0 atom stereocenters.